The van der Waals surface area contributed by atoms with Gasteiger partial charge in [-0.3, -0.25) is 0 Å². The summed E-state index contributed by atoms with van der Waals surface area (Å²) < 4.78 is 5.09. The molecule has 1 aliphatic heterocycles. The van der Waals surface area contributed by atoms with E-state index in [-0.39, 0.29) is 10.6 Å². The maximum atomic E-state index is 13.2. The molecule has 0 spiro atoms. The van der Waals surface area contributed by atoms with E-state index in [2.05, 4.69) is 0 Å². The summed E-state index contributed by atoms with van der Waals surface area (Å²) in [5.41, 5.74) is 1.30. The molecule has 4 nitrogen and oxygen atoms in total. The average molecular weight is 380 g/mol. The maximum absolute atomic E-state index is 13.2. The van der Waals surface area contributed by atoms with Gasteiger partial charge in [0, 0.05) is 27.4 Å². The van der Waals surface area contributed by atoms with Crippen LogP contribution in [0.25, 0.3) is 0 Å². The maximum Gasteiger partial charge on any atom is 0.348 e. The molecule has 0 radical (unpaired) electrons. The van der Waals surface area contributed by atoms with Crippen molar-refractivity contribution in [2.24, 2.45) is 0 Å². The van der Waals surface area contributed by atoms with Gasteiger partial charge in [-0.15, -0.1) is 11.3 Å². The van der Waals surface area contributed by atoms with Crippen molar-refractivity contribution in [3.8, 4) is 0 Å². The van der Waals surface area contributed by atoms with Crippen LogP contribution >= 0.6 is 22.9 Å². The Bertz CT molecular complexity index is 796. The number of benzene rings is 1. The summed E-state index contributed by atoms with van der Waals surface area (Å²) in [6.07, 6.45) is 0.677. The molecule has 1 aromatic heterocycles. The van der Waals surface area contributed by atoms with Crippen molar-refractivity contribution in [2.75, 3.05) is 6.54 Å². The van der Waals surface area contributed by atoms with E-state index in [1.807, 2.05) is 51.1 Å². The van der Waals surface area contributed by atoms with E-state index in [9.17, 15) is 10.0 Å². The molecular formula is C19H22ClNO3S. The van der Waals surface area contributed by atoms with E-state index < -0.39 is 5.60 Å². The summed E-state index contributed by atoms with van der Waals surface area (Å²) in [5.74, 6) is -0.318. The SMILES string of the molecule is CC(C)(C)OC(=O)c1cc2c(s1)CC[N+]([O-])(Cc1ccccc1Cl)C2. The van der Waals surface area contributed by atoms with Crippen molar-refractivity contribution in [3.63, 3.8) is 0 Å². The fourth-order valence-corrected chi connectivity index (χ4v) is 4.24. The zero-order valence-corrected chi connectivity index (χ0v) is 16.2. The molecule has 1 atom stereocenters. The lowest BCUT2D eigenvalue weighted by atomic mass is 10.1. The molecule has 0 bridgehead atoms. The molecule has 1 unspecified atom stereocenters. The lowest BCUT2D eigenvalue weighted by Gasteiger charge is -2.45. The number of rotatable bonds is 3. The molecule has 0 saturated heterocycles. The fraction of sp³-hybridized carbons (Fsp3) is 0.421. The molecule has 6 heteroatoms. The topological polar surface area (TPSA) is 49.4 Å². The number of esters is 1. The molecule has 2 aromatic rings. The molecule has 1 aromatic carbocycles. The summed E-state index contributed by atoms with van der Waals surface area (Å²) in [6, 6.07) is 9.29. The Morgan fingerprint density at radius 1 is 1.36 bits per heavy atom. The third kappa shape index (κ3) is 4.42. The Morgan fingerprint density at radius 3 is 2.76 bits per heavy atom. The van der Waals surface area contributed by atoms with Crippen LogP contribution in [-0.4, -0.2) is 22.8 Å². The van der Waals surface area contributed by atoms with Crippen LogP contribution in [0.3, 0.4) is 0 Å². The normalized spacial score (nSPS) is 20.2. The van der Waals surface area contributed by atoms with Crippen molar-refractivity contribution < 1.29 is 14.2 Å². The van der Waals surface area contributed by atoms with Gasteiger partial charge in [0.15, 0.2) is 0 Å². The number of hydrogen-bond acceptors (Lipinski definition) is 4. The van der Waals surface area contributed by atoms with Crippen molar-refractivity contribution in [1.82, 2.24) is 0 Å². The van der Waals surface area contributed by atoms with Crippen LogP contribution in [0.5, 0.6) is 0 Å². The fourth-order valence-electron chi connectivity index (χ4n) is 3.01. The number of carbonyl (C=O) groups excluding carboxylic acids is 1. The largest absolute Gasteiger partial charge is 0.632 e. The number of nitrogens with zero attached hydrogens (tertiary/aromatic N) is 1. The van der Waals surface area contributed by atoms with E-state index in [4.69, 9.17) is 16.3 Å². The smallest absolute Gasteiger partial charge is 0.348 e. The van der Waals surface area contributed by atoms with Gasteiger partial charge < -0.3 is 14.6 Å². The summed E-state index contributed by atoms with van der Waals surface area (Å²) in [5, 5.41) is 13.8. The van der Waals surface area contributed by atoms with Crippen molar-refractivity contribution >= 4 is 28.9 Å². The minimum atomic E-state index is -0.524. The molecule has 1 aliphatic rings. The Morgan fingerprint density at radius 2 is 2.08 bits per heavy atom. The summed E-state index contributed by atoms with van der Waals surface area (Å²) in [6.45, 7) is 6.74. The van der Waals surface area contributed by atoms with Gasteiger partial charge in [0.25, 0.3) is 0 Å². The summed E-state index contributed by atoms with van der Waals surface area (Å²) in [7, 11) is 0. The van der Waals surface area contributed by atoms with Gasteiger partial charge >= 0.3 is 5.97 Å². The third-order valence-corrected chi connectivity index (χ3v) is 5.70. The minimum Gasteiger partial charge on any atom is -0.632 e. The van der Waals surface area contributed by atoms with Crippen LogP contribution in [0.2, 0.25) is 5.02 Å². The van der Waals surface area contributed by atoms with Gasteiger partial charge in [-0.2, -0.15) is 0 Å². The van der Waals surface area contributed by atoms with Gasteiger partial charge in [-0.05, 0) is 32.9 Å². The van der Waals surface area contributed by atoms with Gasteiger partial charge in [-0.25, -0.2) is 4.79 Å². The highest BCUT2D eigenvalue weighted by Crippen LogP contribution is 2.34. The second-order valence-electron chi connectivity index (χ2n) is 7.50. The highest BCUT2D eigenvalue weighted by Gasteiger charge is 2.30. The predicted octanol–water partition coefficient (Wildman–Crippen LogP) is 4.93. The number of hydroxylamine groups is 3. The van der Waals surface area contributed by atoms with E-state index >= 15 is 0 Å². The van der Waals surface area contributed by atoms with Crippen LogP contribution in [0.4, 0.5) is 0 Å². The molecule has 134 valence electrons. The highest BCUT2D eigenvalue weighted by molar-refractivity contribution is 7.14. The van der Waals surface area contributed by atoms with Crippen LogP contribution in [-0.2, 0) is 24.2 Å². The summed E-state index contributed by atoms with van der Waals surface area (Å²) in [4.78, 5) is 14.0. The second kappa shape index (κ2) is 6.72. The number of fused-ring (bicyclic) bond motifs is 1. The standard InChI is InChI=1S/C19H22ClNO3S/c1-19(2,3)24-18(22)17-10-14-12-21(23,9-8-16(14)25-17)11-13-6-4-5-7-15(13)20/h4-7,10H,8-9,11-12H2,1-3H3. The molecule has 0 amide bonds. The van der Waals surface area contributed by atoms with Gasteiger partial charge in [-0.1, -0.05) is 29.8 Å². The summed E-state index contributed by atoms with van der Waals surface area (Å²) >= 11 is 7.65. The Kier molecular flexibility index (Phi) is 4.95. The molecule has 0 fully saturated rings. The monoisotopic (exact) mass is 379 g/mol. The average Bonchev–Trinajstić information content (AvgIpc) is 2.91. The van der Waals surface area contributed by atoms with Crippen LogP contribution in [0.15, 0.2) is 30.3 Å². The Hall–Kier alpha value is -1.40. The molecule has 0 N–H and O–H groups in total. The van der Waals surface area contributed by atoms with Gasteiger partial charge in [0.05, 0.1) is 6.54 Å². The first-order valence-electron chi connectivity index (χ1n) is 8.31. The second-order valence-corrected chi connectivity index (χ2v) is 9.04. The number of carbonyl (C=O) groups is 1. The number of halogens is 1. The van der Waals surface area contributed by atoms with E-state index in [1.54, 1.807) is 0 Å². The lowest BCUT2D eigenvalue weighted by Crippen LogP contribution is -2.44. The zero-order chi connectivity index (χ0) is 18.2. The van der Waals surface area contributed by atoms with Crippen LogP contribution in [0, 0.1) is 5.21 Å². The molecule has 0 saturated carbocycles. The zero-order valence-electron chi connectivity index (χ0n) is 14.7. The van der Waals surface area contributed by atoms with Gasteiger partial charge in [0.1, 0.15) is 23.6 Å². The van der Waals surface area contributed by atoms with Crippen LogP contribution in [0.1, 0.15) is 46.4 Å². The number of hydrogen-bond donors (Lipinski definition) is 0. The Balaban J connectivity index is 1.77. The number of thiophene rings is 1. The third-order valence-electron chi connectivity index (χ3n) is 4.12. The van der Waals surface area contributed by atoms with E-state index in [0.29, 0.717) is 36.0 Å². The first kappa shape index (κ1) is 18.4. The number of ether oxygens (including phenoxy) is 1. The molecule has 25 heavy (non-hydrogen) atoms. The van der Waals surface area contributed by atoms with Crippen molar-refractivity contribution in [2.45, 2.75) is 45.9 Å². The first-order valence-corrected chi connectivity index (χ1v) is 9.50. The van der Waals surface area contributed by atoms with Crippen molar-refractivity contribution in [1.29, 1.82) is 0 Å². The van der Waals surface area contributed by atoms with Crippen molar-refractivity contribution in [3.05, 3.63) is 61.4 Å². The van der Waals surface area contributed by atoms with E-state index in [1.165, 1.54) is 11.3 Å². The first-order chi connectivity index (χ1) is 11.7. The van der Waals surface area contributed by atoms with Crippen LogP contribution < -0.4 is 0 Å². The molecule has 2 heterocycles. The molecule has 3 rings (SSSR count). The van der Waals surface area contributed by atoms with E-state index in [0.717, 1.165) is 16.0 Å². The predicted molar refractivity (Wildman–Crippen MR) is 101 cm³/mol. The molecular weight excluding hydrogens is 358 g/mol. The molecule has 0 aliphatic carbocycles. The number of quaternary nitrogens is 1. The van der Waals surface area contributed by atoms with Gasteiger partial charge in [0.2, 0.25) is 0 Å². The minimum absolute atomic E-state index is 0.318. The Labute approximate surface area is 157 Å². The quantitative estimate of drug-likeness (QED) is 0.431. The highest BCUT2D eigenvalue weighted by atomic mass is 35.5. The lowest BCUT2D eigenvalue weighted by molar-refractivity contribution is -0.909.